The Bertz CT molecular complexity index is 633. The van der Waals surface area contributed by atoms with Crippen molar-refractivity contribution in [1.82, 2.24) is 20.4 Å². The van der Waals surface area contributed by atoms with E-state index in [1.54, 1.807) is 4.90 Å². The zero-order valence-electron chi connectivity index (χ0n) is 18.2. The Morgan fingerprint density at radius 2 is 1.89 bits per heavy atom. The molecule has 0 saturated carbocycles. The molecule has 1 aromatic rings. The van der Waals surface area contributed by atoms with Gasteiger partial charge in [-0.3, -0.25) is 14.7 Å². The molecule has 1 heterocycles. The number of amides is 1. The second kappa shape index (κ2) is 11.1. The summed E-state index contributed by atoms with van der Waals surface area (Å²) < 4.78 is 0. The van der Waals surface area contributed by atoms with Crippen LogP contribution in [0.1, 0.15) is 43.7 Å². The van der Waals surface area contributed by atoms with E-state index >= 15 is 0 Å². The van der Waals surface area contributed by atoms with Crippen LogP contribution in [0.4, 0.5) is 0 Å². The molecule has 6 heteroatoms. The maximum Gasteiger partial charge on any atom is 0.236 e. The van der Waals surface area contributed by atoms with E-state index in [-0.39, 0.29) is 5.91 Å². The van der Waals surface area contributed by atoms with E-state index in [1.807, 2.05) is 14.1 Å². The minimum absolute atomic E-state index is 0.173. The number of carbonyl (C=O) groups excluding carboxylic acids is 1. The summed E-state index contributed by atoms with van der Waals surface area (Å²) in [5.74, 6) is 1.45. The van der Waals surface area contributed by atoms with Gasteiger partial charge in [0.1, 0.15) is 0 Å². The summed E-state index contributed by atoms with van der Waals surface area (Å²) in [6, 6.07) is 9.11. The highest BCUT2D eigenvalue weighted by atomic mass is 16.2. The number of likely N-dealkylation sites (tertiary alicyclic amines) is 1. The van der Waals surface area contributed by atoms with Gasteiger partial charge in [-0.1, -0.05) is 36.8 Å². The van der Waals surface area contributed by atoms with Crippen LogP contribution in [0.3, 0.4) is 0 Å². The Labute approximate surface area is 170 Å². The number of hydrogen-bond acceptors (Lipinski definition) is 3. The second-order valence-corrected chi connectivity index (χ2v) is 8.01. The zero-order chi connectivity index (χ0) is 20.5. The van der Waals surface area contributed by atoms with Crippen LogP contribution in [0.5, 0.6) is 0 Å². The highest BCUT2D eigenvalue weighted by molar-refractivity contribution is 5.80. The van der Waals surface area contributed by atoms with E-state index in [0.717, 1.165) is 45.0 Å². The van der Waals surface area contributed by atoms with Gasteiger partial charge in [-0.15, -0.1) is 0 Å². The van der Waals surface area contributed by atoms with Crippen molar-refractivity contribution in [3.63, 3.8) is 0 Å². The lowest BCUT2D eigenvalue weighted by atomic mass is 10.0. The van der Waals surface area contributed by atoms with Crippen molar-refractivity contribution in [3.8, 4) is 0 Å². The largest absolute Gasteiger partial charge is 0.357 e. The van der Waals surface area contributed by atoms with Gasteiger partial charge in [-0.05, 0) is 32.3 Å². The fourth-order valence-electron chi connectivity index (χ4n) is 3.31. The molecule has 0 radical (unpaired) electrons. The number of likely N-dealkylation sites (N-methyl/N-ethyl adjacent to an activating group) is 1. The van der Waals surface area contributed by atoms with Crippen molar-refractivity contribution in [1.29, 1.82) is 0 Å². The molecule has 0 aromatic heterocycles. The van der Waals surface area contributed by atoms with Gasteiger partial charge in [0.25, 0.3) is 0 Å². The van der Waals surface area contributed by atoms with E-state index in [4.69, 9.17) is 4.99 Å². The highest BCUT2D eigenvalue weighted by Crippen LogP contribution is 2.16. The number of piperidine rings is 1. The molecule has 0 spiro atoms. The van der Waals surface area contributed by atoms with Gasteiger partial charge in [0, 0.05) is 52.2 Å². The lowest BCUT2D eigenvalue weighted by Gasteiger charge is -2.33. The molecule has 6 nitrogen and oxygen atoms in total. The van der Waals surface area contributed by atoms with E-state index < -0.39 is 0 Å². The topological polar surface area (TPSA) is 60.0 Å². The van der Waals surface area contributed by atoms with Crippen LogP contribution in [0.2, 0.25) is 0 Å². The Kier molecular flexibility index (Phi) is 8.77. The maximum atomic E-state index is 11.9. The first-order valence-electron chi connectivity index (χ1n) is 10.4. The molecule has 2 N–H and O–H groups in total. The summed E-state index contributed by atoms with van der Waals surface area (Å²) >= 11 is 0. The predicted octanol–water partition coefficient (Wildman–Crippen LogP) is 2.21. The standard InChI is InChI=1S/C22H37N5O/c1-6-23-22(24-15-18(3)19-9-7-17(2)8-10-19)25-20-11-13-27(14-12-20)16-21(28)26(4)5/h7-10,18,20H,6,11-16H2,1-5H3,(H2,23,24,25). The number of aryl methyl sites for hydroxylation is 1. The Morgan fingerprint density at radius 3 is 2.46 bits per heavy atom. The van der Waals surface area contributed by atoms with E-state index in [9.17, 15) is 4.79 Å². The van der Waals surface area contributed by atoms with Gasteiger partial charge in [-0.2, -0.15) is 0 Å². The number of benzene rings is 1. The minimum Gasteiger partial charge on any atom is -0.357 e. The quantitative estimate of drug-likeness (QED) is 0.556. The number of nitrogens with one attached hydrogen (secondary N) is 2. The lowest BCUT2D eigenvalue weighted by Crippen LogP contribution is -2.50. The molecule has 0 bridgehead atoms. The van der Waals surface area contributed by atoms with Crippen molar-refractivity contribution >= 4 is 11.9 Å². The minimum atomic E-state index is 0.173. The molecule has 1 aliphatic rings. The third-order valence-corrected chi connectivity index (χ3v) is 5.30. The first kappa shape index (κ1) is 22.2. The van der Waals surface area contributed by atoms with Crippen LogP contribution in [0.25, 0.3) is 0 Å². The summed E-state index contributed by atoms with van der Waals surface area (Å²) in [6.07, 6.45) is 2.05. The first-order chi connectivity index (χ1) is 13.4. The number of guanidine groups is 1. The summed E-state index contributed by atoms with van der Waals surface area (Å²) in [7, 11) is 3.63. The van der Waals surface area contributed by atoms with Gasteiger partial charge in [0.05, 0.1) is 6.54 Å². The normalized spacial score (nSPS) is 17.2. The first-order valence-corrected chi connectivity index (χ1v) is 10.4. The Balaban J connectivity index is 1.84. The highest BCUT2D eigenvalue weighted by Gasteiger charge is 2.22. The van der Waals surface area contributed by atoms with Crippen molar-refractivity contribution in [2.24, 2.45) is 4.99 Å². The summed E-state index contributed by atoms with van der Waals surface area (Å²) in [6.45, 7) is 10.4. The van der Waals surface area contributed by atoms with Crippen molar-refractivity contribution < 1.29 is 4.79 Å². The fourth-order valence-corrected chi connectivity index (χ4v) is 3.31. The molecule has 2 rings (SSSR count). The molecule has 1 aliphatic heterocycles. The SMILES string of the molecule is CCNC(=NCC(C)c1ccc(C)cc1)NC1CCN(CC(=O)N(C)C)CC1. The summed E-state index contributed by atoms with van der Waals surface area (Å²) in [5, 5.41) is 6.96. The fraction of sp³-hybridized carbons (Fsp3) is 0.636. The molecule has 1 amide bonds. The monoisotopic (exact) mass is 387 g/mol. The molecule has 1 fully saturated rings. The van der Waals surface area contributed by atoms with Crippen molar-refractivity contribution in [2.45, 2.75) is 45.6 Å². The van der Waals surface area contributed by atoms with Gasteiger partial charge in [0.15, 0.2) is 5.96 Å². The van der Waals surface area contributed by atoms with E-state index in [2.05, 4.69) is 60.6 Å². The molecule has 1 saturated heterocycles. The molecular formula is C22H37N5O. The molecule has 156 valence electrons. The van der Waals surface area contributed by atoms with E-state index in [0.29, 0.717) is 18.5 Å². The molecule has 28 heavy (non-hydrogen) atoms. The number of carbonyl (C=O) groups is 1. The maximum absolute atomic E-state index is 11.9. The van der Waals surface area contributed by atoms with Gasteiger partial charge in [0.2, 0.25) is 5.91 Å². The molecule has 1 unspecified atom stereocenters. The van der Waals surface area contributed by atoms with Gasteiger partial charge >= 0.3 is 0 Å². The van der Waals surface area contributed by atoms with Crippen LogP contribution in [-0.2, 0) is 4.79 Å². The summed E-state index contributed by atoms with van der Waals surface area (Å²) in [4.78, 5) is 20.6. The second-order valence-electron chi connectivity index (χ2n) is 8.01. The number of rotatable bonds is 7. The van der Waals surface area contributed by atoms with Gasteiger partial charge < -0.3 is 15.5 Å². The Hall–Kier alpha value is -2.08. The molecule has 1 atom stereocenters. The number of hydrogen-bond donors (Lipinski definition) is 2. The zero-order valence-corrected chi connectivity index (χ0v) is 18.2. The molecule has 1 aromatic carbocycles. The third kappa shape index (κ3) is 7.15. The molecule has 0 aliphatic carbocycles. The number of aliphatic imine (C=N–C) groups is 1. The van der Waals surface area contributed by atoms with Crippen LogP contribution in [0, 0.1) is 6.92 Å². The van der Waals surface area contributed by atoms with Crippen molar-refractivity contribution in [2.75, 3.05) is 46.8 Å². The predicted molar refractivity (Wildman–Crippen MR) is 117 cm³/mol. The van der Waals surface area contributed by atoms with Crippen molar-refractivity contribution in [3.05, 3.63) is 35.4 Å². The third-order valence-electron chi connectivity index (χ3n) is 5.30. The Morgan fingerprint density at radius 1 is 1.25 bits per heavy atom. The average Bonchev–Trinajstić information content (AvgIpc) is 2.68. The molecular weight excluding hydrogens is 350 g/mol. The van der Waals surface area contributed by atoms with E-state index in [1.165, 1.54) is 11.1 Å². The van der Waals surface area contributed by atoms with Crippen LogP contribution in [-0.4, -0.2) is 74.5 Å². The average molecular weight is 388 g/mol. The van der Waals surface area contributed by atoms with Crippen LogP contribution >= 0.6 is 0 Å². The lowest BCUT2D eigenvalue weighted by molar-refractivity contribution is -0.130. The number of nitrogens with zero attached hydrogens (tertiary/aromatic N) is 3. The van der Waals surface area contributed by atoms with Gasteiger partial charge in [-0.25, -0.2) is 0 Å². The van der Waals surface area contributed by atoms with Crippen LogP contribution < -0.4 is 10.6 Å². The van der Waals surface area contributed by atoms with Crippen LogP contribution in [0.15, 0.2) is 29.3 Å². The summed E-state index contributed by atoms with van der Waals surface area (Å²) in [5.41, 5.74) is 2.61. The smallest absolute Gasteiger partial charge is 0.236 e.